The van der Waals surface area contributed by atoms with Crippen LogP contribution in [0.25, 0.3) is 11.4 Å². The van der Waals surface area contributed by atoms with Crippen LogP contribution in [0.4, 0.5) is 5.82 Å². The van der Waals surface area contributed by atoms with Gasteiger partial charge in [-0.25, -0.2) is 9.97 Å². The number of aromatic nitrogens is 3. The molecule has 29 heavy (non-hydrogen) atoms. The van der Waals surface area contributed by atoms with E-state index in [0.29, 0.717) is 24.7 Å². The normalized spacial score (nSPS) is 10.5. The van der Waals surface area contributed by atoms with Crippen LogP contribution in [0.1, 0.15) is 21.8 Å². The van der Waals surface area contributed by atoms with E-state index in [-0.39, 0.29) is 11.6 Å². The number of hydrogen-bond donors (Lipinski definition) is 2. The first-order chi connectivity index (χ1) is 14.3. The minimum atomic E-state index is -0.283. The highest BCUT2D eigenvalue weighted by Gasteiger charge is 2.13. The van der Waals surface area contributed by atoms with Crippen LogP contribution in [-0.4, -0.2) is 20.9 Å². The van der Waals surface area contributed by atoms with Crippen molar-refractivity contribution in [3.05, 3.63) is 96.3 Å². The summed E-state index contributed by atoms with van der Waals surface area (Å²) in [5.74, 6) is 1.50. The Hall–Kier alpha value is -4.00. The summed E-state index contributed by atoms with van der Waals surface area (Å²) in [6.45, 7) is 0.821. The zero-order valence-electron chi connectivity index (χ0n) is 15.6. The maximum Gasteiger partial charge on any atom is 0.270 e. The Labute approximate surface area is 167 Å². The Balaban J connectivity index is 1.57. The van der Waals surface area contributed by atoms with E-state index in [9.17, 15) is 4.79 Å². The van der Waals surface area contributed by atoms with Crippen molar-refractivity contribution in [2.45, 2.75) is 13.1 Å². The van der Waals surface area contributed by atoms with Crippen molar-refractivity contribution in [2.24, 2.45) is 0 Å². The van der Waals surface area contributed by atoms with Gasteiger partial charge in [-0.3, -0.25) is 9.78 Å². The first-order valence-corrected chi connectivity index (χ1v) is 9.16. The van der Waals surface area contributed by atoms with E-state index in [1.807, 2.05) is 54.6 Å². The fourth-order valence-corrected chi connectivity index (χ4v) is 2.74. The largest absolute Gasteiger partial charge is 0.467 e. The van der Waals surface area contributed by atoms with Gasteiger partial charge in [0.15, 0.2) is 5.82 Å². The SMILES string of the molecule is O=C(NCc1cccnc1)c1cc(NCc2ccco2)nc(-c2ccccc2)n1. The van der Waals surface area contributed by atoms with Crippen LogP contribution in [0, 0.1) is 0 Å². The Morgan fingerprint density at radius 1 is 0.966 bits per heavy atom. The predicted octanol–water partition coefficient (Wildman–Crippen LogP) is 3.67. The van der Waals surface area contributed by atoms with Gasteiger partial charge in [0, 0.05) is 30.6 Å². The third-order valence-electron chi connectivity index (χ3n) is 4.19. The molecule has 4 aromatic rings. The molecule has 144 valence electrons. The van der Waals surface area contributed by atoms with E-state index in [1.54, 1.807) is 24.7 Å². The highest BCUT2D eigenvalue weighted by molar-refractivity contribution is 5.93. The molecule has 2 N–H and O–H groups in total. The lowest BCUT2D eigenvalue weighted by atomic mass is 10.2. The van der Waals surface area contributed by atoms with Crippen LogP contribution in [0.2, 0.25) is 0 Å². The van der Waals surface area contributed by atoms with Crippen molar-refractivity contribution >= 4 is 11.7 Å². The number of anilines is 1. The zero-order valence-corrected chi connectivity index (χ0v) is 15.6. The second-order valence-electron chi connectivity index (χ2n) is 6.30. The fourth-order valence-electron chi connectivity index (χ4n) is 2.74. The van der Waals surface area contributed by atoms with Gasteiger partial charge in [0.1, 0.15) is 17.3 Å². The summed E-state index contributed by atoms with van der Waals surface area (Å²) >= 11 is 0. The molecule has 0 saturated carbocycles. The van der Waals surface area contributed by atoms with Crippen LogP contribution in [0.5, 0.6) is 0 Å². The monoisotopic (exact) mass is 385 g/mol. The molecule has 0 saturated heterocycles. The highest BCUT2D eigenvalue weighted by Crippen LogP contribution is 2.18. The third kappa shape index (κ3) is 4.84. The van der Waals surface area contributed by atoms with Gasteiger partial charge < -0.3 is 15.1 Å². The summed E-state index contributed by atoms with van der Waals surface area (Å²) in [5.41, 5.74) is 2.02. The molecule has 7 nitrogen and oxygen atoms in total. The van der Waals surface area contributed by atoms with Crippen LogP contribution in [0.3, 0.4) is 0 Å². The van der Waals surface area contributed by atoms with Crippen molar-refractivity contribution in [3.63, 3.8) is 0 Å². The topological polar surface area (TPSA) is 92.9 Å². The first-order valence-electron chi connectivity index (χ1n) is 9.16. The van der Waals surface area contributed by atoms with Gasteiger partial charge in [-0.2, -0.15) is 0 Å². The first kappa shape index (κ1) is 18.4. The molecule has 1 aromatic carbocycles. The summed E-state index contributed by atoms with van der Waals surface area (Å²) in [5, 5.41) is 6.07. The zero-order chi connectivity index (χ0) is 19.9. The van der Waals surface area contributed by atoms with E-state index in [1.165, 1.54) is 0 Å². The average Bonchev–Trinajstić information content (AvgIpc) is 3.31. The van der Waals surface area contributed by atoms with E-state index in [4.69, 9.17) is 4.42 Å². The molecule has 0 atom stereocenters. The highest BCUT2D eigenvalue weighted by atomic mass is 16.3. The molecule has 0 aliphatic rings. The Kier molecular flexibility index (Phi) is 5.57. The standard InChI is InChI=1S/C22H19N5O2/c28-22(25-14-16-6-4-10-23-13-16)19-12-20(24-15-18-9-5-11-29-18)27-21(26-19)17-7-2-1-3-8-17/h1-13H,14-15H2,(H,25,28)(H,24,26,27). The second kappa shape index (κ2) is 8.79. The van der Waals surface area contributed by atoms with E-state index in [2.05, 4.69) is 25.6 Å². The lowest BCUT2D eigenvalue weighted by Gasteiger charge is -2.10. The predicted molar refractivity (Wildman–Crippen MR) is 109 cm³/mol. The molecule has 3 aromatic heterocycles. The molecule has 3 heterocycles. The van der Waals surface area contributed by atoms with Crippen molar-refractivity contribution in [3.8, 4) is 11.4 Å². The maximum absolute atomic E-state index is 12.7. The fraction of sp³-hybridized carbons (Fsp3) is 0.0909. The number of rotatable bonds is 7. The Morgan fingerprint density at radius 3 is 2.62 bits per heavy atom. The lowest BCUT2D eigenvalue weighted by molar-refractivity contribution is 0.0946. The van der Waals surface area contributed by atoms with Crippen LogP contribution < -0.4 is 10.6 Å². The minimum Gasteiger partial charge on any atom is -0.467 e. The quantitative estimate of drug-likeness (QED) is 0.504. The van der Waals surface area contributed by atoms with Crippen LogP contribution in [-0.2, 0) is 13.1 Å². The van der Waals surface area contributed by atoms with Crippen molar-refractivity contribution in [1.82, 2.24) is 20.3 Å². The molecule has 1 amide bonds. The molecule has 0 unspecified atom stereocenters. The van der Waals surface area contributed by atoms with Gasteiger partial charge >= 0.3 is 0 Å². The second-order valence-corrected chi connectivity index (χ2v) is 6.30. The Morgan fingerprint density at radius 2 is 1.86 bits per heavy atom. The summed E-state index contributed by atoms with van der Waals surface area (Å²) in [6.07, 6.45) is 5.02. The van der Waals surface area contributed by atoms with Gasteiger partial charge in [-0.05, 0) is 23.8 Å². The number of carbonyl (C=O) groups excluding carboxylic acids is 1. The van der Waals surface area contributed by atoms with E-state index in [0.717, 1.165) is 16.9 Å². The molecule has 7 heteroatoms. The van der Waals surface area contributed by atoms with Crippen LogP contribution in [0.15, 0.2) is 83.7 Å². The lowest BCUT2D eigenvalue weighted by Crippen LogP contribution is -2.24. The average molecular weight is 385 g/mol. The molecule has 0 aliphatic carbocycles. The number of nitrogens with one attached hydrogen (secondary N) is 2. The summed E-state index contributed by atoms with van der Waals surface area (Å²) in [6, 6.07) is 18.6. The van der Waals surface area contributed by atoms with Gasteiger partial charge in [0.05, 0.1) is 12.8 Å². The smallest absolute Gasteiger partial charge is 0.270 e. The summed E-state index contributed by atoms with van der Waals surface area (Å²) < 4.78 is 5.34. The molecule has 4 rings (SSSR count). The van der Waals surface area contributed by atoms with E-state index >= 15 is 0 Å². The Bertz CT molecular complexity index is 1070. The summed E-state index contributed by atoms with van der Waals surface area (Å²) in [7, 11) is 0. The number of nitrogens with zero attached hydrogens (tertiary/aromatic N) is 3. The maximum atomic E-state index is 12.7. The van der Waals surface area contributed by atoms with Crippen molar-refractivity contribution < 1.29 is 9.21 Å². The molecular formula is C22H19N5O2. The van der Waals surface area contributed by atoms with E-state index < -0.39 is 0 Å². The van der Waals surface area contributed by atoms with Gasteiger partial charge in [-0.15, -0.1) is 0 Å². The molecule has 0 bridgehead atoms. The van der Waals surface area contributed by atoms with Gasteiger partial charge in [0.2, 0.25) is 0 Å². The van der Waals surface area contributed by atoms with Gasteiger partial charge in [-0.1, -0.05) is 36.4 Å². The number of furan rings is 1. The minimum absolute atomic E-state index is 0.282. The number of benzene rings is 1. The summed E-state index contributed by atoms with van der Waals surface area (Å²) in [4.78, 5) is 25.8. The molecule has 0 radical (unpaired) electrons. The molecular weight excluding hydrogens is 366 g/mol. The van der Waals surface area contributed by atoms with Gasteiger partial charge in [0.25, 0.3) is 5.91 Å². The van der Waals surface area contributed by atoms with Crippen molar-refractivity contribution in [2.75, 3.05) is 5.32 Å². The number of carbonyl (C=O) groups is 1. The number of pyridine rings is 1. The third-order valence-corrected chi connectivity index (χ3v) is 4.19. The molecule has 0 fully saturated rings. The molecule has 0 spiro atoms. The number of hydrogen-bond acceptors (Lipinski definition) is 6. The van der Waals surface area contributed by atoms with Crippen LogP contribution >= 0.6 is 0 Å². The number of amides is 1. The molecule has 0 aliphatic heterocycles. The van der Waals surface area contributed by atoms with Crippen molar-refractivity contribution in [1.29, 1.82) is 0 Å².